The number of anilines is 2. The van der Waals surface area contributed by atoms with Gasteiger partial charge < -0.3 is 10.1 Å². The van der Waals surface area contributed by atoms with Gasteiger partial charge in [-0.3, -0.25) is 9.10 Å². The van der Waals surface area contributed by atoms with Crippen molar-refractivity contribution in [3.05, 3.63) is 53.1 Å². The fraction of sp³-hybridized carbons (Fsp3) is 0.278. The van der Waals surface area contributed by atoms with E-state index in [1.165, 1.54) is 20.2 Å². The largest absolute Gasteiger partial charge is 0.496 e. The van der Waals surface area contributed by atoms with Gasteiger partial charge in [-0.2, -0.15) is 0 Å². The van der Waals surface area contributed by atoms with Gasteiger partial charge >= 0.3 is 0 Å². The van der Waals surface area contributed by atoms with E-state index < -0.39 is 10.0 Å². The first-order valence-corrected chi connectivity index (χ1v) is 9.49. The highest BCUT2D eigenvalue weighted by atomic mass is 32.2. The van der Waals surface area contributed by atoms with Crippen LogP contribution < -0.4 is 14.4 Å². The van der Waals surface area contributed by atoms with E-state index in [9.17, 15) is 13.2 Å². The number of nitrogens with one attached hydrogen (secondary N) is 1. The third kappa shape index (κ3) is 4.30. The normalized spacial score (nSPS) is 11.1. The van der Waals surface area contributed by atoms with E-state index in [1.807, 2.05) is 32.0 Å². The maximum atomic E-state index is 12.7. The fourth-order valence-electron chi connectivity index (χ4n) is 2.32. The van der Waals surface area contributed by atoms with E-state index in [1.54, 1.807) is 12.1 Å². The molecule has 0 radical (unpaired) electrons. The molecule has 0 aliphatic rings. The van der Waals surface area contributed by atoms with Gasteiger partial charge in [-0.1, -0.05) is 12.1 Å². The Morgan fingerprint density at radius 3 is 2.40 bits per heavy atom. The van der Waals surface area contributed by atoms with Crippen molar-refractivity contribution in [3.8, 4) is 5.75 Å². The highest BCUT2D eigenvalue weighted by molar-refractivity contribution is 7.92. The van der Waals surface area contributed by atoms with E-state index >= 15 is 0 Å². The number of carbonyl (C=O) groups is 1. The van der Waals surface area contributed by atoms with Gasteiger partial charge in [-0.25, -0.2) is 8.42 Å². The number of benzene rings is 2. The van der Waals surface area contributed by atoms with Crippen LogP contribution in [0.3, 0.4) is 0 Å². The Morgan fingerprint density at radius 1 is 1.12 bits per heavy atom. The average Bonchev–Trinajstić information content (AvgIpc) is 2.56. The number of amides is 1. The molecule has 0 spiro atoms. The zero-order chi connectivity index (χ0) is 18.8. The summed E-state index contributed by atoms with van der Waals surface area (Å²) in [6.07, 6.45) is 1.10. The van der Waals surface area contributed by atoms with Crippen LogP contribution in [0.15, 0.2) is 36.4 Å². The third-order valence-electron chi connectivity index (χ3n) is 3.93. The SMILES string of the molecule is COc1ccc(N(C)S(C)(=O)=O)cc1C(=O)Nc1cc(C)ccc1C. The van der Waals surface area contributed by atoms with Crippen molar-refractivity contribution in [3.63, 3.8) is 0 Å². The summed E-state index contributed by atoms with van der Waals surface area (Å²) < 4.78 is 29.8. The van der Waals surface area contributed by atoms with Crippen molar-refractivity contribution < 1.29 is 17.9 Å². The minimum Gasteiger partial charge on any atom is -0.496 e. The number of methoxy groups -OCH3 is 1. The van der Waals surface area contributed by atoms with Gasteiger partial charge in [0, 0.05) is 12.7 Å². The van der Waals surface area contributed by atoms with Gasteiger partial charge in [-0.15, -0.1) is 0 Å². The molecule has 7 heteroatoms. The van der Waals surface area contributed by atoms with Crippen molar-refractivity contribution in [1.29, 1.82) is 0 Å². The molecule has 2 aromatic carbocycles. The van der Waals surface area contributed by atoms with Crippen LogP contribution in [0.4, 0.5) is 11.4 Å². The second-order valence-corrected chi connectivity index (χ2v) is 7.90. The van der Waals surface area contributed by atoms with Crippen LogP contribution in [0.25, 0.3) is 0 Å². The van der Waals surface area contributed by atoms with Gasteiger partial charge in [0.05, 0.1) is 24.6 Å². The summed E-state index contributed by atoms with van der Waals surface area (Å²) in [5.74, 6) is 0.00255. The lowest BCUT2D eigenvalue weighted by molar-refractivity contribution is 0.102. The molecule has 0 aromatic heterocycles. The second kappa shape index (κ2) is 7.14. The van der Waals surface area contributed by atoms with Crippen LogP contribution >= 0.6 is 0 Å². The maximum Gasteiger partial charge on any atom is 0.259 e. The van der Waals surface area contributed by atoms with E-state index in [0.29, 0.717) is 17.1 Å². The third-order valence-corrected chi connectivity index (χ3v) is 5.14. The summed E-state index contributed by atoms with van der Waals surface area (Å²) in [5.41, 5.74) is 3.31. The molecule has 1 amide bonds. The van der Waals surface area contributed by atoms with E-state index in [-0.39, 0.29) is 11.5 Å². The number of aryl methyl sites for hydroxylation is 2. The Bertz CT molecular complexity index is 907. The van der Waals surface area contributed by atoms with Gasteiger partial charge in [-0.05, 0) is 49.2 Å². The monoisotopic (exact) mass is 362 g/mol. The summed E-state index contributed by atoms with van der Waals surface area (Å²) in [6.45, 7) is 3.84. The molecule has 0 saturated carbocycles. The highest BCUT2D eigenvalue weighted by Crippen LogP contribution is 2.27. The highest BCUT2D eigenvalue weighted by Gasteiger charge is 2.18. The Labute approximate surface area is 148 Å². The van der Waals surface area contributed by atoms with Crippen molar-refractivity contribution in [2.45, 2.75) is 13.8 Å². The summed E-state index contributed by atoms with van der Waals surface area (Å²) in [5, 5.41) is 2.86. The minimum atomic E-state index is -3.43. The van der Waals surface area contributed by atoms with Gasteiger partial charge in [0.15, 0.2) is 0 Å². The fourth-order valence-corrected chi connectivity index (χ4v) is 2.82. The molecule has 0 aliphatic heterocycles. The van der Waals surface area contributed by atoms with Crippen LogP contribution in [0.1, 0.15) is 21.5 Å². The Morgan fingerprint density at radius 2 is 1.80 bits per heavy atom. The average molecular weight is 362 g/mol. The zero-order valence-electron chi connectivity index (χ0n) is 15.0. The number of ether oxygens (including phenoxy) is 1. The van der Waals surface area contributed by atoms with Gasteiger partial charge in [0.25, 0.3) is 5.91 Å². The number of hydrogen-bond acceptors (Lipinski definition) is 4. The van der Waals surface area contributed by atoms with Crippen molar-refractivity contribution in [2.75, 3.05) is 30.0 Å². The molecule has 25 heavy (non-hydrogen) atoms. The summed E-state index contributed by atoms with van der Waals surface area (Å²) in [4.78, 5) is 12.7. The molecule has 0 aliphatic carbocycles. The molecule has 6 nitrogen and oxygen atoms in total. The first-order valence-electron chi connectivity index (χ1n) is 7.64. The lowest BCUT2D eigenvalue weighted by Gasteiger charge is -2.19. The first-order chi connectivity index (χ1) is 11.6. The topological polar surface area (TPSA) is 75.7 Å². The second-order valence-electron chi connectivity index (χ2n) is 5.89. The predicted molar refractivity (Wildman–Crippen MR) is 100 cm³/mol. The molecule has 0 unspecified atom stereocenters. The molecular formula is C18H22N2O4S. The van der Waals surface area contributed by atoms with Gasteiger partial charge in [0.2, 0.25) is 10.0 Å². The number of rotatable bonds is 5. The summed E-state index contributed by atoms with van der Waals surface area (Å²) >= 11 is 0. The summed E-state index contributed by atoms with van der Waals surface area (Å²) in [6, 6.07) is 10.4. The standard InChI is InChI=1S/C18H22N2O4S/c1-12-6-7-13(2)16(10-12)19-18(21)15-11-14(8-9-17(15)24-4)20(3)25(5,22)23/h6-11H,1-5H3,(H,19,21). The Kier molecular flexibility index (Phi) is 5.37. The van der Waals surface area contributed by atoms with E-state index in [2.05, 4.69) is 5.32 Å². The van der Waals surface area contributed by atoms with Crippen molar-refractivity contribution >= 4 is 27.3 Å². The molecule has 0 atom stereocenters. The zero-order valence-corrected chi connectivity index (χ0v) is 15.8. The quantitative estimate of drug-likeness (QED) is 0.887. The number of sulfonamides is 1. The van der Waals surface area contributed by atoms with E-state index in [0.717, 1.165) is 21.7 Å². The van der Waals surface area contributed by atoms with Crippen LogP contribution in [0.5, 0.6) is 5.75 Å². The molecule has 0 fully saturated rings. The molecule has 0 saturated heterocycles. The number of carbonyl (C=O) groups excluding carboxylic acids is 1. The van der Waals surface area contributed by atoms with Crippen molar-refractivity contribution in [1.82, 2.24) is 0 Å². The maximum absolute atomic E-state index is 12.7. The molecule has 0 bridgehead atoms. The minimum absolute atomic E-state index is 0.261. The lowest BCUT2D eigenvalue weighted by atomic mass is 10.1. The summed E-state index contributed by atoms with van der Waals surface area (Å²) in [7, 11) is -0.532. The van der Waals surface area contributed by atoms with Crippen LogP contribution in [0, 0.1) is 13.8 Å². The Balaban J connectivity index is 2.42. The smallest absolute Gasteiger partial charge is 0.259 e. The molecular weight excluding hydrogens is 340 g/mol. The predicted octanol–water partition coefficient (Wildman–Crippen LogP) is 2.96. The van der Waals surface area contributed by atoms with Crippen LogP contribution in [0.2, 0.25) is 0 Å². The van der Waals surface area contributed by atoms with Crippen molar-refractivity contribution in [2.24, 2.45) is 0 Å². The lowest BCUT2D eigenvalue weighted by Crippen LogP contribution is -2.25. The Hall–Kier alpha value is -2.54. The molecule has 0 heterocycles. The number of hydrogen-bond donors (Lipinski definition) is 1. The molecule has 134 valence electrons. The van der Waals surface area contributed by atoms with E-state index in [4.69, 9.17) is 4.74 Å². The van der Waals surface area contributed by atoms with Crippen LogP contribution in [-0.2, 0) is 10.0 Å². The molecule has 2 rings (SSSR count). The molecule has 1 N–H and O–H groups in total. The number of nitrogens with zero attached hydrogens (tertiary/aromatic N) is 1. The van der Waals surface area contributed by atoms with Gasteiger partial charge in [0.1, 0.15) is 5.75 Å². The first kappa shape index (κ1) is 18.8. The molecule has 2 aromatic rings. The van der Waals surface area contributed by atoms with Crippen LogP contribution in [-0.4, -0.2) is 34.7 Å².